The van der Waals surface area contributed by atoms with Crippen LogP contribution in [0, 0.1) is 0 Å². The van der Waals surface area contributed by atoms with E-state index in [9.17, 15) is 0 Å². The molecule has 2 nitrogen and oxygen atoms in total. The normalized spacial score (nSPS) is 27.4. The van der Waals surface area contributed by atoms with Crippen molar-refractivity contribution in [2.75, 3.05) is 7.05 Å². The number of benzene rings is 2. The molecule has 1 heterocycles. The average molecular weight is 266 g/mol. The zero-order valence-electron chi connectivity index (χ0n) is 11.9. The quantitative estimate of drug-likeness (QED) is 0.901. The lowest BCUT2D eigenvalue weighted by Crippen LogP contribution is -2.42. The van der Waals surface area contributed by atoms with Gasteiger partial charge in [0.05, 0.1) is 0 Å². The Morgan fingerprint density at radius 3 is 1.60 bits per heavy atom. The second-order valence-electron chi connectivity index (χ2n) is 5.75. The van der Waals surface area contributed by atoms with E-state index >= 15 is 0 Å². The van der Waals surface area contributed by atoms with Gasteiger partial charge in [-0.3, -0.25) is 4.90 Å². The number of hydrogen-bond donors (Lipinski definition) is 1. The van der Waals surface area contributed by atoms with Gasteiger partial charge in [-0.2, -0.15) is 0 Å². The minimum Gasteiger partial charge on any atom is -0.328 e. The highest BCUT2D eigenvalue weighted by molar-refractivity contribution is 5.24. The standard InChI is InChI=1S/C18H22N2/c1-20-17(14-8-4-2-5-9-14)12-16(19)13-18(20)15-10-6-3-7-11-15/h2-11,16-18H,12-13,19H2,1H3/t16?,17-,18+. The lowest BCUT2D eigenvalue weighted by molar-refractivity contribution is 0.102. The van der Waals surface area contributed by atoms with E-state index in [1.165, 1.54) is 11.1 Å². The molecule has 2 aromatic carbocycles. The Bertz CT molecular complexity index is 488. The van der Waals surface area contributed by atoms with Gasteiger partial charge >= 0.3 is 0 Å². The van der Waals surface area contributed by atoms with Crippen molar-refractivity contribution < 1.29 is 0 Å². The molecular formula is C18H22N2. The van der Waals surface area contributed by atoms with E-state index in [1.807, 2.05) is 0 Å². The van der Waals surface area contributed by atoms with Crippen LogP contribution < -0.4 is 5.73 Å². The molecule has 1 unspecified atom stereocenters. The third-order valence-corrected chi connectivity index (χ3v) is 4.40. The van der Waals surface area contributed by atoms with Crippen molar-refractivity contribution >= 4 is 0 Å². The fourth-order valence-electron chi connectivity index (χ4n) is 3.31. The van der Waals surface area contributed by atoms with E-state index in [2.05, 4.69) is 72.6 Å². The molecule has 0 radical (unpaired) electrons. The van der Waals surface area contributed by atoms with E-state index in [0.29, 0.717) is 12.1 Å². The van der Waals surface area contributed by atoms with E-state index in [-0.39, 0.29) is 6.04 Å². The molecule has 1 aliphatic heterocycles. The van der Waals surface area contributed by atoms with Crippen molar-refractivity contribution in [3.8, 4) is 0 Å². The second-order valence-corrected chi connectivity index (χ2v) is 5.75. The summed E-state index contributed by atoms with van der Waals surface area (Å²) in [6.07, 6.45) is 2.06. The summed E-state index contributed by atoms with van der Waals surface area (Å²) in [6, 6.07) is 22.5. The Morgan fingerprint density at radius 2 is 1.20 bits per heavy atom. The fraction of sp³-hybridized carbons (Fsp3) is 0.333. The van der Waals surface area contributed by atoms with Crippen LogP contribution in [-0.4, -0.2) is 18.0 Å². The van der Waals surface area contributed by atoms with Gasteiger partial charge in [0.25, 0.3) is 0 Å². The summed E-state index contributed by atoms with van der Waals surface area (Å²) in [5, 5.41) is 0. The molecular weight excluding hydrogens is 244 g/mol. The van der Waals surface area contributed by atoms with Crippen LogP contribution in [0.4, 0.5) is 0 Å². The van der Waals surface area contributed by atoms with E-state index in [1.54, 1.807) is 0 Å². The lowest BCUT2D eigenvalue weighted by Gasteiger charge is -2.42. The van der Waals surface area contributed by atoms with Crippen molar-refractivity contribution in [1.29, 1.82) is 0 Å². The predicted octanol–water partition coefficient (Wildman–Crippen LogP) is 3.52. The largest absolute Gasteiger partial charge is 0.328 e. The first-order valence-corrected chi connectivity index (χ1v) is 7.33. The Labute approximate surface area is 121 Å². The Morgan fingerprint density at radius 1 is 0.800 bits per heavy atom. The molecule has 104 valence electrons. The van der Waals surface area contributed by atoms with Gasteiger partial charge < -0.3 is 5.73 Å². The highest BCUT2D eigenvalue weighted by Gasteiger charge is 2.33. The summed E-state index contributed by atoms with van der Waals surface area (Å²) in [7, 11) is 2.22. The fourth-order valence-corrected chi connectivity index (χ4v) is 3.31. The van der Waals surface area contributed by atoms with Crippen molar-refractivity contribution in [2.24, 2.45) is 5.73 Å². The monoisotopic (exact) mass is 266 g/mol. The van der Waals surface area contributed by atoms with Gasteiger partial charge in [0.15, 0.2) is 0 Å². The van der Waals surface area contributed by atoms with Crippen LogP contribution in [0.3, 0.4) is 0 Å². The number of likely N-dealkylation sites (tertiary alicyclic amines) is 1. The summed E-state index contributed by atoms with van der Waals surface area (Å²) in [4.78, 5) is 2.48. The molecule has 0 spiro atoms. The molecule has 20 heavy (non-hydrogen) atoms. The molecule has 2 aromatic rings. The lowest BCUT2D eigenvalue weighted by atomic mass is 9.85. The third-order valence-electron chi connectivity index (χ3n) is 4.40. The minimum absolute atomic E-state index is 0.265. The molecule has 0 aliphatic carbocycles. The molecule has 0 saturated carbocycles. The van der Waals surface area contributed by atoms with Gasteiger partial charge in [0.2, 0.25) is 0 Å². The maximum Gasteiger partial charge on any atom is 0.0365 e. The van der Waals surface area contributed by atoms with E-state index in [0.717, 1.165) is 12.8 Å². The van der Waals surface area contributed by atoms with Crippen molar-refractivity contribution in [3.05, 3.63) is 71.8 Å². The predicted molar refractivity (Wildman–Crippen MR) is 83.3 cm³/mol. The number of hydrogen-bond acceptors (Lipinski definition) is 2. The first-order chi connectivity index (χ1) is 9.75. The molecule has 1 fully saturated rings. The molecule has 1 saturated heterocycles. The van der Waals surface area contributed by atoms with Gasteiger partial charge in [-0.15, -0.1) is 0 Å². The third kappa shape index (κ3) is 2.62. The highest BCUT2D eigenvalue weighted by atomic mass is 15.2. The van der Waals surface area contributed by atoms with Crippen molar-refractivity contribution in [3.63, 3.8) is 0 Å². The zero-order valence-corrected chi connectivity index (χ0v) is 11.9. The highest BCUT2D eigenvalue weighted by Crippen LogP contribution is 2.39. The van der Waals surface area contributed by atoms with E-state index in [4.69, 9.17) is 5.73 Å². The Kier molecular flexibility index (Phi) is 3.86. The molecule has 0 amide bonds. The Hall–Kier alpha value is -1.64. The molecule has 1 aliphatic rings. The van der Waals surface area contributed by atoms with Gasteiger partial charge in [0, 0.05) is 18.1 Å². The van der Waals surface area contributed by atoms with Crippen LogP contribution >= 0.6 is 0 Å². The maximum atomic E-state index is 6.33. The van der Waals surface area contributed by atoms with Crippen LogP contribution in [0.2, 0.25) is 0 Å². The smallest absolute Gasteiger partial charge is 0.0365 e. The van der Waals surface area contributed by atoms with Crippen LogP contribution in [-0.2, 0) is 0 Å². The molecule has 0 aromatic heterocycles. The molecule has 2 heteroatoms. The molecule has 3 rings (SSSR count). The topological polar surface area (TPSA) is 29.3 Å². The van der Waals surface area contributed by atoms with Crippen LogP contribution in [0.25, 0.3) is 0 Å². The van der Waals surface area contributed by atoms with Gasteiger partial charge in [0.1, 0.15) is 0 Å². The van der Waals surface area contributed by atoms with Crippen molar-refractivity contribution in [1.82, 2.24) is 4.90 Å². The Balaban J connectivity index is 1.90. The summed E-state index contributed by atoms with van der Waals surface area (Å²) in [5.41, 5.74) is 9.06. The number of nitrogens with two attached hydrogens (primary N) is 1. The molecule has 3 atom stereocenters. The summed E-state index contributed by atoms with van der Waals surface area (Å²) in [6.45, 7) is 0. The van der Waals surface area contributed by atoms with Crippen LogP contribution in [0.5, 0.6) is 0 Å². The summed E-state index contributed by atoms with van der Waals surface area (Å²) in [5.74, 6) is 0. The molecule has 2 N–H and O–H groups in total. The van der Waals surface area contributed by atoms with Gasteiger partial charge in [-0.05, 0) is 31.0 Å². The first-order valence-electron chi connectivity index (χ1n) is 7.33. The van der Waals surface area contributed by atoms with Crippen LogP contribution in [0.15, 0.2) is 60.7 Å². The number of piperidine rings is 1. The number of nitrogens with zero attached hydrogens (tertiary/aromatic N) is 1. The minimum atomic E-state index is 0.265. The molecule has 0 bridgehead atoms. The van der Waals surface area contributed by atoms with E-state index < -0.39 is 0 Å². The van der Waals surface area contributed by atoms with Crippen LogP contribution in [0.1, 0.15) is 36.1 Å². The number of rotatable bonds is 2. The van der Waals surface area contributed by atoms with Gasteiger partial charge in [-0.1, -0.05) is 60.7 Å². The van der Waals surface area contributed by atoms with Gasteiger partial charge in [-0.25, -0.2) is 0 Å². The average Bonchev–Trinajstić information content (AvgIpc) is 2.51. The first kappa shape index (κ1) is 13.3. The second kappa shape index (κ2) is 5.78. The SMILES string of the molecule is CN1[C@@H](c2ccccc2)CC(N)C[C@H]1c1ccccc1. The summed E-state index contributed by atoms with van der Waals surface area (Å²) >= 11 is 0. The zero-order chi connectivity index (χ0) is 13.9. The maximum absolute atomic E-state index is 6.33. The summed E-state index contributed by atoms with van der Waals surface area (Å²) < 4.78 is 0. The van der Waals surface area contributed by atoms with Crippen molar-refractivity contribution in [2.45, 2.75) is 31.0 Å².